The van der Waals surface area contributed by atoms with Crippen molar-refractivity contribution in [3.05, 3.63) is 22.4 Å². The molecule has 0 aliphatic carbocycles. The van der Waals surface area contributed by atoms with Gasteiger partial charge in [0.15, 0.2) is 0 Å². The van der Waals surface area contributed by atoms with Crippen molar-refractivity contribution in [1.29, 1.82) is 0 Å². The zero-order valence-corrected chi connectivity index (χ0v) is 12.7. The lowest BCUT2D eigenvalue weighted by molar-refractivity contribution is 0.165. The number of halogens is 2. The number of nitrogens with one attached hydrogen (secondary N) is 1. The van der Waals surface area contributed by atoms with E-state index in [1.807, 2.05) is 11.3 Å². The summed E-state index contributed by atoms with van der Waals surface area (Å²) in [6.45, 7) is 6.96. The highest BCUT2D eigenvalue weighted by Gasteiger charge is 2.21. The van der Waals surface area contributed by atoms with E-state index in [9.17, 15) is 0 Å². The van der Waals surface area contributed by atoms with Crippen molar-refractivity contribution in [2.24, 2.45) is 0 Å². The van der Waals surface area contributed by atoms with Crippen molar-refractivity contribution in [2.75, 3.05) is 26.2 Å². The highest BCUT2D eigenvalue weighted by molar-refractivity contribution is 7.07. The van der Waals surface area contributed by atoms with Gasteiger partial charge in [0.1, 0.15) is 0 Å². The maximum atomic E-state index is 3.42. The van der Waals surface area contributed by atoms with Crippen LogP contribution in [0.1, 0.15) is 31.4 Å². The van der Waals surface area contributed by atoms with Gasteiger partial charge in [-0.15, -0.1) is 24.8 Å². The number of thiophene rings is 1. The van der Waals surface area contributed by atoms with Crippen LogP contribution >= 0.6 is 36.2 Å². The molecule has 1 aromatic rings. The second kappa shape index (κ2) is 9.17. The highest BCUT2D eigenvalue weighted by atomic mass is 35.5. The minimum Gasteiger partial charge on any atom is -0.314 e. The average Bonchev–Trinajstić information content (AvgIpc) is 2.80. The third-order valence-corrected chi connectivity index (χ3v) is 3.78. The quantitative estimate of drug-likeness (QED) is 0.917. The monoisotopic (exact) mass is 296 g/mol. The van der Waals surface area contributed by atoms with Crippen molar-refractivity contribution in [1.82, 2.24) is 10.2 Å². The van der Waals surface area contributed by atoms with Gasteiger partial charge < -0.3 is 5.32 Å². The number of nitrogens with zero attached hydrogens (tertiary/aromatic N) is 1. The van der Waals surface area contributed by atoms with Crippen molar-refractivity contribution < 1.29 is 0 Å². The zero-order chi connectivity index (χ0) is 10.5. The van der Waals surface area contributed by atoms with Crippen LogP contribution in [0.4, 0.5) is 0 Å². The van der Waals surface area contributed by atoms with E-state index >= 15 is 0 Å². The number of rotatable bonds is 4. The van der Waals surface area contributed by atoms with Gasteiger partial charge in [-0.25, -0.2) is 0 Å². The van der Waals surface area contributed by atoms with E-state index in [2.05, 4.69) is 34.0 Å². The lowest BCUT2D eigenvalue weighted by atomic mass is 10.0. The SMILES string of the molecule is CCC[C@H](c1ccsc1)N1CCNCC1.Cl.Cl. The Kier molecular flexibility index (Phi) is 9.28. The van der Waals surface area contributed by atoms with Crippen LogP contribution in [-0.4, -0.2) is 31.1 Å². The van der Waals surface area contributed by atoms with Gasteiger partial charge in [0, 0.05) is 32.2 Å². The molecular weight excluding hydrogens is 275 g/mol. The Balaban J connectivity index is 0.00000128. The molecule has 0 amide bonds. The Morgan fingerprint density at radius 2 is 2.06 bits per heavy atom. The molecule has 1 aliphatic rings. The molecule has 0 radical (unpaired) electrons. The predicted molar refractivity (Wildman–Crippen MR) is 80.9 cm³/mol. The third kappa shape index (κ3) is 4.76. The Bertz CT molecular complexity index is 274. The maximum absolute atomic E-state index is 3.42. The molecule has 1 aromatic heterocycles. The summed E-state index contributed by atoms with van der Waals surface area (Å²) >= 11 is 1.82. The van der Waals surface area contributed by atoms with Crippen molar-refractivity contribution in [2.45, 2.75) is 25.8 Å². The Labute approximate surface area is 121 Å². The fraction of sp³-hybridized carbons (Fsp3) is 0.667. The maximum Gasteiger partial charge on any atom is 0.0357 e. The van der Waals surface area contributed by atoms with Crippen LogP contribution < -0.4 is 5.32 Å². The van der Waals surface area contributed by atoms with Gasteiger partial charge in [0.05, 0.1) is 0 Å². The molecule has 0 bridgehead atoms. The molecule has 1 N–H and O–H groups in total. The van der Waals surface area contributed by atoms with Crippen LogP contribution in [-0.2, 0) is 0 Å². The first kappa shape index (κ1) is 17.2. The molecule has 2 heterocycles. The standard InChI is InChI=1S/C12H20N2S.2ClH/c1-2-3-12(11-4-9-15-10-11)14-7-5-13-6-8-14;;/h4,9-10,12-13H,2-3,5-8H2,1H3;2*1H/t12-;;/m1../s1. The van der Waals surface area contributed by atoms with E-state index in [1.54, 1.807) is 0 Å². The lowest BCUT2D eigenvalue weighted by Crippen LogP contribution is -2.45. The topological polar surface area (TPSA) is 15.3 Å². The summed E-state index contributed by atoms with van der Waals surface area (Å²) in [5.74, 6) is 0. The van der Waals surface area contributed by atoms with E-state index < -0.39 is 0 Å². The minimum absolute atomic E-state index is 0. The molecule has 1 saturated heterocycles. The molecule has 100 valence electrons. The summed E-state index contributed by atoms with van der Waals surface area (Å²) in [5, 5.41) is 7.92. The molecule has 0 unspecified atom stereocenters. The molecule has 2 rings (SSSR count). The molecule has 0 spiro atoms. The van der Waals surface area contributed by atoms with E-state index in [-0.39, 0.29) is 24.8 Å². The zero-order valence-electron chi connectivity index (χ0n) is 10.2. The summed E-state index contributed by atoms with van der Waals surface area (Å²) in [7, 11) is 0. The normalized spacial score (nSPS) is 17.9. The Morgan fingerprint density at radius 1 is 1.35 bits per heavy atom. The molecule has 5 heteroatoms. The summed E-state index contributed by atoms with van der Waals surface area (Å²) in [4.78, 5) is 2.63. The van der Waals surface area contributed by atoms with Crippen molar-refractivity contribution in [3.8, 4) is 0 Å². The molecule has 0 saturated carbocycles. The van der Waals surface area contributed by atoms with Gasteiger partial charge in [-0.1, -0.05) is 13.3 Å². The van der Waals surface area contributed by atoms with Gasteiger partial charge in [-0.05, 0) is 28.8 Å². The average molecular weight is 297 g/mol. The molecular formula is C12H22Cl2N2S. The summed E-state index contributed by atoms with van der Waals surface area (Å²) in [5.41, 5.74) is 1.52. The van der Waals surface area contributed by atoms with Gasteiger partial charge >= 0.3 is 0 Å². The summed E-state index contributed by atoms with van der Waals surface area (Å²) < 4.78 is 0. The predicted octanol–water partition coefficient (Wildman–Crippen LogP) is 3.34. The highest BCUT2D eigenvalue weighted by Crippen LogP contribution is 2.27. The van der Waals surface area contributed by atoms with Gasteiger partial charge in [-0.3, -0.25) is 4.90 Å². The molecule has 17 heavy (non-hydrogen) atoms. The second-order valence-electron chi connectivity index (χ2n) is 4.15. The van der Waals surface area contributed by atoms with Gasteiger partial charge in [0.25, 0.3) is 0 Å². The summed E-state index contributed by atoms with van der Waals surface area (Å²) in [6.07, 6.45) is 2.56. The Morgan fingerprint density at radius 3 is 2.59 bits per heavy atom. The second-order valence-corrected chi connectivity index (χ2v) is 4.93. The van der Waals surface area contributed by atoms with Crippen LogP contribution in [0.2, 0.25) is 0 Å². The van der Waals surface area contributed by atoms with Crippen LogP contribution in [0.25, 0.3) is 0 Å². The molecule has 1 atom stereocenters. The van der Waals surface area contributed by atoms with Crippen LogP contribution in [0, 0.1) is 0 Å². The van der Waals surface area contributed by atoms with Gasteiger partial charge in [-0.2, -0.15) is 11.3 Å². The fourth-order valence-corrected chi connectivity index (χ4v) is 3.00. The summed E-state index contributed by atoms with van der Waals surface area (Å²) in [6, 6.07) is 2.94. The van der Waals surface area contributed by atoms with E-state index in [0.717, 1.165) is 13.1 Å². The molecule has 0 aromatic carbocycles. The number of hydrogen-bond donors (Lipinski definition) is 1. The first-order valence-electron chi connectivity index (χ1n) is 5.88. The van der Waals surface area contributed by atoms with E-state index in [4.69, 9.17) is 0 Å². The van der Waals surface area contributed by atoms with E-state index in [0.29, 0.717) is 6.04 Å². The smallest absolute Gasteiger partial charge is 0.0357 e. The molecule has 1 aliphatic heterocycles. The largest absolute Gasteiger partial charge is 0.314 e. The van der Waals surface area contributed by atoms with Crippen molar-refractivity contribution >= 4 is 36.2 Å². The van der Waals surface area contributed by atoms with Crippen LogP contribution in [0.3, 0.4) is 0 Å². The van der Waals surface area contributed by atoms with E-state index in [1.165, 1.54) is 31.5 Å². The number of piperazine rings is 1. The van der Waals surface area contributed by atoms with Crippen LogP contribution in [0.15, 0.2) is 16.8 Å². The lowest BCUT2D eigenvalue weighted by Gasteiger charge is -2.34. The van der Waals surface area contributed by atoms with Crippen LogP contribution in [0.5, 0.6) is 0 Å². The van der Waals surface area contributed by atoms with Crippen molar-refractivity contribution in [3.63, 3.8) is 0 Å². The third-order valence-electron chi connectivity index (χ3n) is 3.08. The fourth-order valence-electron chi connectivity index (χ4n) is 2.29. The minimum atomic E-state index is 0. The Hall–Kier alpha value is 0.200. The van der Waals surface area contributed by atoms with Gasteiger partial charge in [0.2, 0.25) is 0 Å². The first-order chi connectivity index (χ1) is 7.42. The molecule has 1 fully saturated rings. The number of hydrogen-bond acceptors (Lipinski definition) is 3. The molecule has 2 nitrogen and oxygen atoms in total. The first-order valence-corrected chi connectivity index (χ1v) is 6.83.